The zero-order chi connectivity index (χ0) is 39.1. The van der Waals surface area contributed by atoms with Crippen molar-refractivity contribution in [3.8, 4) is 23.0 Å². The second-order valence-electron chi connectivity index (χ2n) is 15.3. The Morgan fingerprint density at radius 3 is 1.14 bits per heavy atom. The molecule has 0 atom stereocenters. The lowest BCUT2D eigenvalue weighted by Gasteiger charge is -2.45. The Morgan fingerprint density at radius 1 is 0.431 bits per heavy atom. The SMILES string of the molecule is CN1/C(=C/C2C(O)C(/C=C3\C=Cc4cc(N5c6ccccc6Oc6ccccc65)ccc4N3C)C2O)C=Cc2cc(N3c4ccccc4Oc4ccccc43)ccc21. The lowest BCUT2D eigenvalue weighted by atomic mass is 9.68. The summed E-state index contributed by atoms with van der Waals surface area (Å²) in [4.78, 5) is 8.73. The van der Waals surface area contributed by atoms with E-state index < -0.39 is 24.0 Å². The molecular formula is C50H40N4O4. The number of anilines is 8. The van der Waals surface area contributed by atoms with E-state index in [0.717, 1.165) is 91.0 Å². The van der Waals surface area contributed by atoms with Gasteiger partial charge in [-0.05, 0) is 97.1 Å². The van der Waals surface area contributed by atoms with Crippen LogP contribution in [0.25, 0.3) is 12.2 Å². The number of rotatable bonds is 4. The number of fused-ring (bicyclic) bond motifs is 6. The van der Waals surface area contributed by atoms with Crippen molar-refractivity contribution in [3.63, 3.8) is 0 Å². The van der Waals surface area contributed by atoms with Crippen molar-refractivity contribution in [2.45, 2.75) is 12.2 Å². The number of para-hydroxylation sites is 8. The highest BCUT2D eigenvalue weighted by atomic mass is 16.5. The van der Waals surface area contributed by atoms with Crippen LogP contribution in [0.1, 0.15) is 11.1 Å². The number of nitrogens with zero attached hydrogens (tertiary/aromatic N) is 4. The maximum atomic E-state index is 11.5. The lowest BCUT2D eigenvalue weighted by molar-refractivity contribution is -0.110. The Labute approximate surface area is 337 Å². The molecule has 1 fully saturated rings. The number of allylic oxidation sites excluding steroid dienone is 2. The van der Waals surface area contributed by atoms with E-state index in [0.29, 0.717) is 0 Å². The summed E-state index contributed by atoms with van der Waals surface area (Å²) < 4.78 is 12.5. The van der Waals surface area contributed by atoms with Crippen molar-refractivity contribution >= 4 is 57.7 Å². The summed E-state index contributed by atoms with van der Waals surface area (Å²) in [6.45, 7) is 0. The highest BCUT2D eigenvalue weighted by molar-refractivity contribution is 5.90. The van der Waals surface area contributed by atoms with Gasteiger partial charge in [-0.2, -0.15) is 0 Å². The molecule has 4 aliphatic heterocycles. The fourth-order valence-corrected chi connectivity index (χ4v) is 8.95. The van der Waals surface area contributed by atoms with Crippen LogP contribution in [0.5, 0.6) is 23.0 Å². The molecular weight excluding hydrogens is 721 g/mol. The van der Waals surface area contributed by atoms with Gasteiger partial charge in [-0.1, -0.05) is 72.8 Å². The van der Waals surface area contributed by atoms with Gasteiger partial charge in [0.25, 0.3) is 0 Å². The van der Waals surface area contributed by atoms with E-state index in [2.05, 4.69) is 105 Å². The molecule has 0 unspecified atom stereocenters. The second kappa shape index (κ2) is 13.3. The molecule has 0 saturated heterocycles. The number of hydrogen-bond donors (Lipinski definition) is 2. The number of hydrogen-bond acceptors (Lipinski definition) is 8. The van der Waals surface area contributed by atoms with E-state index in [9.17, 15) is 10.2 Å². The van der Waals surface area contributed by atoms with Crippen molar-refractivity contribution < 1.29 is 19.7 Å². The van der Waals surface area contributed by atoms with Gasteiger partial charge in [-0.15, -0.1) is 0 Å². The Hall–Kier alpha value is -7.00. The van der Waals surface area contributed by atoms with Gasteiger partial charge in [0.15, 0.2) is 23.0 Å². The first-order valence-corrected chi connectivity index (χ1v) is 19.6. The molecule has 0 bridgehead atoms. The van der Waals surface area contributed by atoms with Crippen LogP contribution < -0.4 is 29.1 Å². The van der Waals surface area contributed by atoms with Crippen LogP contribution in [-0.2, 0) is 0 Å². The summed E-state index contributed by atoms with van der Waals surface area (Å²) in [6, 6.07) is 45.3. The summed E-state index contributed by atoms with van der Waals surface area (Å²) in [5.41, 5.74) is 12.1. The van der Waals surface area contributed by atoms with Crippen LogP contribution in [0.2, 0.25) is 0 Å². The smallest absolute Gasteiger partial charge is 0.151 e. The fourth-order valence-electron chi connectivity index (χ4n) is 8.95. The molecule has 0 aromatic heterocycles. The molecule has 2 N–H and O–H groups in total. The van der Waals surface area contributed by atoms with Gasteiger partial charge >= 0.3 is 0 Å². The summed E-state index contributed by atoms with van der Waals surface area (Å²) in [6.07, 6.45) is 10.9. The molecule has 8 heteroatoms. The third-order valence-electron chi connectivity index (χ3n) is 12.1. The quantitative estimate of drug-likeness (QED) is 0.184. The molecule has 11 rings (SSSR count). The molecule has 0 amide bonds. The van der Waals surface area contributed by atoms with E-state index >= 15 is 0 Å². The third-order valence-corrected chi connectivity index (χ3v) is 12.1. The molecule has 58 heavy (non-hydrogen) atoms. The van der Waals surface area contributed by atoms with Crippen molar-refractivity contribution in [1.82, 2.24) is 0 Å². The molecule has 284 valence electrons. The molecule has 5 aliphatic rings. The van der Waals surface area contributed by atoms with Crippen LogP contribution in [0.15, 0.2) is 169 Å². The number of benzene rings is 6. The van der Waals surface area contributed by atoms with Crippen LogP contribution in [0.3, 0.4) is 0 Å². The van der Waals surface area contributed by atoms with E-state index in [4.69, 9.17) is 9.47 Å². The summed E-state index contributed by atoms with van der Waals surface area (Å²) >= 11 is 0. The monoisotopic (exact) mass is 760 g/mol. The Bertz CT molecular complexity index is 2480. The summed E-state index contributed by atoms with van der Waals surface area (Å²) in [7, 11) is 4.07. The van der Waals surface area contributed by atoms with Crippen LogP contribution >= 0.6 is 0 Å². The van der Waals surface area contributed by atoms with Crippen molar-refractivity contribution in [1.29, 1.82) is 0 Å². The van der Waals surface area contributed by atoms with Crippen LogP contribution in [0.4, 0.5) is 45.5 Å². The summed E-state index contributed by atoms with van der Waals surface area (Å²) in [5, 5.41) is 23.0. The molecule has 0 spiro atoms. The number of likely N-dealkylation sites (N-methyl/N-ethyl adjacent to an activating group) is 2. The maximum Gasteiger partial charge on any atom is 0.151 e. The molecule has 4 heterocycles. The fraction of sp³-hybridized carbons (Fsp3) is 0.120. The van der Waals surface area contributed by atoms with Gasteiger partial charge in [0.1, 0.15) is 0 Å². The van der Waals surface area contributed by atoms with Gasteiger partial charge in [-0.3, -0.25) is 0 Å². The van der Waals surface area contributed by atoms with Crippen molar-refractivity contribution in [3.05, 3.63) is 180 Å². The third kappa shape index (κ3) is 5.37. The van der Waals surface area contributed by atoms with Crippen molar-refractivity contribution in [2.75, 3.05) is 33.7 Å². The first-order valence-electron chi connectivity index (χ1n) is 19.6. The minimum atomic E-state index is -0.728. The second-order valence-corrected chi connectivity index (χ2v) is 15.3. The molecule has 6 aromatic carbocycles. The van der Waals surface area contributed by atoms with E-state index in [1.807, 2.05) is 99.0 Å². The number of aliphatic hydroxyl groups is 2. The first-order chi connectivity index (χ1) is 28.4. The van der Waals surface area contributed by atoms with Crippen LogP contribution in [-0.4, -0.2) is 36.5 Å². The predicted octanol–water partition coefficient (Wildman–Crippen LogP) is 11.2. The van der Waals surface area contributed by atoms with Gasteiger partial charge in [-0.25, -0.2) is 0 Å². The largest absolute Gasteiger partial charge is 0.453 e. The van der Waals surface area contributed by atoms with Gasteiger partial charge in [0, 0.05) is 71.2 Å². The molecule has 8 nitrogen and oxygen atoms in total. The van der Waals surface area contributed by atoms with E-state index in [-0.39, 0.29) is 0 Å². The molecule has 1 saturated carbocycles. The molecule has 6 aromatic rings. The predicted molar refractivity (Wildman–Crippen MR) is 232 cm³/mol. The Balaban J connectivity index is 0.819. The van der Waals surface area contributed by atoms with Crippen molar-refractivity contribution in [2.24, 2.45) is 11.8 Å². The Morgan fingerprint density at radius 2 is 0.776 bits per heavy atom. The highest BCUT2D eigenvalue weighted by Crippen LogP contribution is 2.53. The molecule has 1 aliphatic carbocycles. The highest BCUT2D eigenvalue weighted by Gasteiger charge is 2.47. The zero-order valence-electron chi connectivity index (χ0n) is 32.0. The standard InChI is InChI=1S/C50H40N4O4/c1-51-33(21-19-31-27-35(23-25-39(31)51)53-41-11-3-7-15-45(41)57-46-16-8-4-12-42(46)53)29-37-49(55)38(50(37)56)30-34-22-20-32-28-36(24-26-40(32)52(34)2)54-43-13-5-9-17-47(43)58-48-18-10-6-14-44(48)54/h3-30,37-38,49-50,55-56H,1-2H3/b33-29+,34-30+. The Kier molecular flexibility index (Phi) is 7.86. The van der Waals surface area contributed by atoms with E-state index in [1.165, 1.54) is 0 Å². The van der Waals surface area contributed by atoms with Gasteiger partial charge in [0.2, 0.25) is 0 Å². The lowest BCUT2D eigenvalue weighted by Crippen LogP contribution is -2.54. The molecule has 0 radical (unpaired) electrons. The summed E-state index contributed by atoms with van der Waals surface area (Å²) in [5.74, 6) is 2.45. The van der Waals surface area contributed by atoms with Gasteiger partial charge in [0.05, 0.1) is 35.0 Å². The normalized spacial score (nSPS) is 22.2. The average Bonchev–Trinajstić information content (AvgIpc) is 3.26. The minimum absolute atomic E-state index is 0.405. The average molecular weight is 761 g/mol. The number of ether oxygens (including phenoxy) is 2. The van der Waals surface area contributed by atoms with Crippen LogP contribution in [0, 0.1) is 11.8 Å². The topological polar surface area (TPSA) is 71.9 Å². The minimum Gasteiger partial charge on any atom is -0.453 e. The zero-order valence-corrected chi connectivity index (χ0v) is 32.0. The number of aliphatic hydroxyl groups excluding tert-OH is 2. The maximum absolute atomic E-state index is 11.5. The van der Waals surface area contributed by atoms with E-state index in [1.54, 1.807) is 0 Å². The first kappa shape index (κ1) is 34.3. The van der Waals surface area contributed by atoms with Gasteiger partial charge < -0.3 is 39.3 Å².